The molecule has 0 rings (SSSR count). The summed E-state index contributed by atoms with van der Waals surface area (Å²) in [4.78, 5) is 0. The van der Waals surface area contributed by atoms with Crippen LogP contribution in [0, 0.1) is 0 Å². The topological polar surface area (TPSA) is 30.5 Å². The van der Waals surface area contributed by atoms with Crippen molar-refractivity contribution in [3.63, 3.8) is 0 Å². The second-order valence-corrected chi connectivity index (χ2v) is 4.89. The molecular weight excluding hydrogens is 226 g/mol. The molecule has 1 unspecified atom stereocenters. The molecule has 0 amide bonds. The minimum atomic E-state index is 0.629. The van der Waals surface area contributed by atoms with Crippen molar-refractivity contribution in [1.29, 1.82) is 0 Å². The number of methoxy groups -OCH3 is 1. The van der Waals surface area contributed by atoms with Gasteiger partial charge in [-0.25, -0.2) is 0 Å². The van der Waals surface area contributed by atoms with Crippen LogP contribution in [0.3, 0.4) is 0 Å². The molecule has 0 saturated heterocycles. The zero-order valence-corrected chi connectivity index (χ0v) is 12.7. The van der Waals surface area contributed by atoms with E-state index >= 15 is 0 Å². The van der Waals surface area contributed by atoms with E-state index in [4.69, 9.17) is 9.47 Å². The Hall–Kier alpha value is -0.120. The third kappa shape index (κ3) is 12.3. The lowest BCUT2D eigenvalue weighted by Gasteiger charge is -2.18. The summed E-state index contributed by atoms with van der Waals surface area (Å²) in [5, 5.41) is 3.63. The van der Waals surface area contributed by atoms with E-state index in [9.17, 15) is 0 Å². The van der Waals surface area contributed by atoms with Crippen molar-refractivity contribution >= 4 is 0 Å². The fourth-order valence-electron chi connectivity index (χ4n) is 1.98. The lowest BCUT2D eigenvalue weighted by atomic mass is 10.0. The van der Waals surface area contributed by atoms with Crippen LogP contribution in [0.1, 0.15) is 58.8 Å². The average Bonchev–Trinajstić information content (AvgIpc) is 2.39. The maximum absolute atomic E-state index is 5.55. The first-order valence-corrected chi connectivity index (χ1v) is 7.65. The van der Waals surface area contributed by atoms with E-state index in [2.05, 4.69) is 19.2 Å². The van der Waals surface area contributed by atoms with Gasteiger partial charge in [0.15, 0.2) is 0 Å². The summed E-state index contributed by atoms with van der Waals surface area (Å²) in [7, 11) is 1.71. The van der Waals surface area contributed by atoms with Crippen LogP contribution < -0.4 is 5.32 Å². The number of nitrogens with one attached hydrogen (secondary N) is 1. The summed E-state index contributed by atoms with van der Waals surface area (Å²) in [6.45, 7) is 7.86. The molecule has 0 saturated carbocycles. The first-order chi connectivity index (χ1) is 8.85. The quantitative estimate of drug-likeness (QED) is 0.485. The van der Waals surface area contributed by atoms with E-state index < -0.39 is 0 Å². The Bertz CT molecular complexity index is 153. The van der Waals surface area contributed by atoms with Gasteiger partial charge in [0, 0.05) is 19.8 Å². The summed E-state index contributed by atoms with van der Waals surface area (Å²) < 4.78 is 10.5. The zero-order valence-electron chi connectivity index (χ0n) is 12.7. The Morgan fingerprint density at radius 1 is 0.889 bits per heavy atom. The van der Waals surface area contributed by atoms with Crippen LogP contribution in [0.5, 0.6) is 0 Å². The highest BCUT2D eigenvalue weighted by Gasteiger charge is 2.07. The van der Waals surface area contributed by atoms with Crippen LogP contribution in [-0.4, -0.2) is 39.5 Å². The normalized spacial score (nSPS) is 12.8. The molecule has 0 heterocycles. The molecule has 0 fully saturated rings. The number of rotatable bonds is 14. The molecule has 1 N–H and O–H groups in total. The molecule has 0 bridgehead atoms. The number of hydrogen-bond donors (Lipinski definition) is 1. The maximum Gasteiger partial charge on any atom is 0.0700 e. The molecular formula is C15H33NO2. The summed E-state index contributed by atoms with van der Waals surface area (Å²) >= 11 is 0. The molecule has 0 spiro atoms. The summed E-state index contributed by atoms with van der Waals surface area (Å²) in [5.41, 5.74) is 0. The average molecular weight is 259 g/mol. The highest BCUT2D eigenvalue weighted by molar-refractivity contribution is 4.66. The Morgan fingerprint density at radius 3 is 2.39 bits per heavy atom. The van der Waals surface area contributed by atoms with Crippen LogP contribution in [0.4, 0.5) is 0 Å². The summed E-state index contributed by atoms with van der Waals surface area (Å²) in [5.74, 6) is 0. The van der Waals surface area contributed by atoms with Crippen LogP contribution in [-0.2, 0) is 9.47 Å². The smallest absolute Gasteiger partial charge is 0.0700 e. The van der Waals surface area contributed by atoms with Gasteiger partial charge in [-0.1, -0.05) is 39.5 Å². The molecule has 0 aliphatic rings. The van der Waals surface area contributed by atoms with Gasteiger partial charge in [0.25, 0.3) is 0 Å². The van der Waals surface area contributed by atoms with Crippen LogP contribution in [0.2, 0.25) is 0 Å². The van der Waals surface area contributed by atoms with Gasteiger partial charge in [0.2, 0.25) is 0 Å². The van der Waals surface area contributed by atoms with Crippen LogP contribution in [0.15, 0.2) is 0 Å². The van der Waals surface area contributed by atoms with E-state index in [-0.39, 0.29) is 0 Å². The summed E-state index contributed by atoms with van der Waals surface area (Å²) in [6.07, 6.45) is 9.00. The Balaban J connectivity index is 3.56. The molecule has 1 atom stereocenters. The standard InChI is InChI=1S/C15H33NO2/c1-4-6-7-8-9-15(16-11-5-2)10-12-18-14-13-17-3/h15-16H,4-14H2,1-3H3. The molecule has 18 heavy (non-hydrogen) atoms. The minimum Gasteiger partial charge on any atom is -0.382 e. The third-order valence-electron chi connectivity index (χ3n) is 3.13. The van der Waals surface area contributed by atoms with Gasteiger partial charge in [-0.2, -0.15) is 0 Å². The van der Waals surface area contributed by atoms with Gasteiger partial charge < -0.3 is 14.8 Å². The third-order valence-corrected chi connectivity index (χ3v) is 3.13. The number of unbranched alkanes of at least 4 members (excludes halogenated alkanes) is 3. The lowest BCUT2D eigenvalue weighted by molar-refractivity contribution is 0.0653. The van der Waals surface area contributed by atoms with Crippen molar-refractivity contribution < 1.29 is 9.47 Å². The van der Waals surface area contributed by atoms with E-state index in [1.54, 1.807) is 7.11 Å². The van der Waals surface area contributed by atoms with Gasteiger partial charge in [-0.05, 0) is 25.8 Å². The SMILES string of the molecule is CCCCCCC(CCOCCOC)NCCC. The molecule has 0 aromatic rings. The molecule has 0 aliphatic carbocycles. The highest BCUT2D eigenvalue weighted by atomic mass is 16.5. The molecule has 110 valence electrons. The van der Waals surface area contributed by atoms with Crippen molar-refractivity contribution in [2.75, 3.05) is 33.5 Å². The molecule has 0 radical (unpaired) electrons. The number of ether oxygens (including phenoxy) is 2. The maximum atomic E-state index is 5.55. The zero-order chi connectivity index (χ0) is 13.5. The predicted molar refractivity (Wildman–Crippen MR) is 78.2 cm³/mol. The monoisotopic (exact) mass is 259 g/mol. The summed E-state index contributed by atoms with van der Waals surface area (Å²) in [6, 6.07) is 0.629. The van der Waals surface area contributed by atoms with Gasteiger partial charge in [0.1, 0.15) is 0 Å². The van der Waals surface area contributed by atoms with Crippen molar-refractivity contribution in [2.24, 2.45) is 0 Å². The second-order valence-electron chi connectivity index (χ2n) is 4.89. The molecule has 0 aliphatic heterocycles. The van der Waals surface area contributed by atoms with Crippen LogP contribution in [0.25, 0.3) is 0 Å². The molecule has 0 aromatic carbocycles. The van der Waals surface area contributed by atoms with E-state index in [1.165, 1.54) is 38.5 Å². The predicted octanol–water partition coefficient (Wildman–Crippen LogP) is 3.38. The van der Waals surface area contributed by atoms with E-state index in [0.29, 0.717) is 19.3 Å². The highest BCUT2D eigenvalue weighted by Crippen LogP contribution is 2.08. The minimum absolute atomic E-state index is 0.629. The molecule has 0 aromatic heterocycles. The van der Waals surface area contributed by atoms with Gasteiger partial charge in [-0.15, -0.1) is 0 Å². The fraction of sp³-hybridized carbons (Fsp3) is 1.00. The number of hydrogen-bond acceptors (Lipinski definition) is 3. The van der Waals surface area contributed by atoms with Crippen molar-refractivity contribution in [3.05, 3.63) is 0 Å². The van der Waals surface area contributed by atoms with Gasteiger partial charge in [-0.3, -0.25) is 0 Å². The van der Waals surface area contributed by atoms with E-state index in [0.717, 1.165) is 19.6 Å². The Labute approximate surface area is 114 Å². The van der Waals surface area contributed by atoms with Crippen LogP contribution >= 0.6 is 0 Å². The van der Waals surface area contributed by atoms with Gasteiger partial charge in [0.05, 0.1) is 13.2 Å². The Morgan fingerprint density at radius 2 is 1.72 bits per heavy atom. The van der Waals surface area contributed by atoms with Crippen molar-refractivity contribution in [2.45, 2.75) is 64.8 Å². The second kappa shape index (κ2) is 14.9. The first kappa shape index (κ1) is 17.9. The first-order valence-electron chi connectivity index (χ1n) is 7.65. The van der Waals surface area contributed by atoms with Gasteiger partial charge >= 0.3 is 0 Å². The molecule has 3 heteroatoms. The fourth-order valence-corrected chi connectivity index (χ4v) is 1.98. The largest absolute Gasteiger partial charge is 0.382 e. The van der Waals surface area contributed by atoms with Crippen molar-refractivity contribution in [1.82, 2.24) is 5.32 Å². The van der Waals surface area contributed by atoms with E-state index in [1.807, 2.05) is 0 Å². The van der Waals surface area contributed by atoms with Crippen molar-refractivity contribution in [3.8, 4) is 0 Å². The lowest BCUT2D eigenvalue weighted by Crippen LogP contribution is -2.31. The Kier molecular flexibility index (Phi) is 14.8. The molecule has 3 nitrogen and oxygen atoms in total.